The number of carbonyl (C=O) groups excluding carboxylic acids is 1. The molecule has 10 heavy (non-hydrogen) atoms. The summed E-state index contributed by atoms with van der Waals surface area (Å²) in [4.78, 5) is 10.7. The van der Waals surface area contributed by atoms with E-state index in [9.17, 15) is 4.79 Å². The second-order valence-electron chi connectivity index (χ2n) is 1.70. The second-order valence-corrected chi connectivity index (χ2v) is 1.70. The summed E-state index contributed by atoms with van der Waals surface area (Å²) in [6.45, 7) is 7.85. The lowest BCUT2D eigenvalue weighted by Crippen LogP contribution is -2.23. The van der Waals surface area contributed by atoms with Gasteiger partial charge in [0.2, 0.25) is 0 Å². The summed E-state index contributed by atoms with van der Waals surface area (Å²) in [7, 11) is 0. The Morgan fingerprint density at radius 2 is 2.10 bits per heavy atom. The molecule has 0 aliphatic carbocycles. The number of hydrogen-bond acceptors (Lipinski definition) is 3. The molecule has 1 atom stereocenters. The zero-order valence-electron chi connectivity index (χ0n) is 6.42. The van der Waals surface area contributed by atoms with Crippen LogP contribution in [0, 0.1) is 6.92 Å². The Morgan fingerprint density at radius 3 is 2.50 bits per heavy atom. The number of carbonyl (C=O) groups is 1. The van der Waals surface area contributed by atoms with Crippen molar-refractivity contribution in [3.8, 4) is 0 Å². The number of hydrogen-bond donors (Lipinski definition) is 0. The topological polar surface area (TPSA) is 35.5 Å². The van der Waals surface area contributed by atoms with Crippen molar-refractivity contribution in [2.24, 2.45) is 0 Å². The van der Waals surface area contributed by atoms with E-state index in [-0.39, 0.29) is 0 Å². The van der Waals surface area contributed by atoms with E-state index in [0.717, 1.165) is 0 Å². The van der Waals surface area contributed by atoms with Crippen LogP contribution in [0.15, 0.2) is 0 Å². The van der Waals surface area contributed by atoms with Gasteiger partial charge in [0.25, 0.3) is 0 Å². The molecule has 3 nitrogen and oxygen atoms in total. The molecule has 0 spiro atoms. The first-order valence-electron chi connectivity index (χ1n) is 3.33. The van der Waals surface area contributed by atoms with E-state index in [1.165, 1.54) is 0 Å². The van der Waals surface area contributed by atoms with Gasteiger partial charge in [-0.1, -0.05) is 0 Å². The number of ether oxygens (including phenoxy) is 2. The van der Waals surface area contributed by atoms with Gasteiger partial charge < -0.3 is 9.47 Å². The Labute approximate surface area is 61.3 Å². The molecule has 0 fully saturated rings. The molecule has 1 unspecified atom stereocenters. The third kappa shape index (κ3) is 3.45. The minimum absolute atomic E-state index is 0.373. The predicted octanol–water partition coefficient (Wildman–Crippen LogP) is 0.789. The Balaban J connectivity index is 3.49. The summed E-state index contributed by atoms with van der Waals surface area (Å²) in [5.74, 6) is -0.399. The summed E-state index contributed by atoms with van der Waals surface area (Å²) in [5.41, 5.74) is 0. The normalized spacial score (nSPS) is 12.7. The van der Waals surface area contributed by atoms with Crippen LogP contribution in [0.2, 0.25) is 0 Å². The third-order valence-electron chi connectivity index (χ3n) is 0.917. The summed E-state index contributed by atoms with van der Waals surface area (Å²) in [5, 5.41) is 0. The average molecular weight is 145 g/mol. The highest BCUT2D eigenvalue weighted by Crippen LogP contribution is 1.92. The maximum atomic E-state index is 10.7. The van der Waals surface area contributed by atoms with Crippen LogP contribution in [0.25, 0.3) is 0 Å². The third-order valence-corrected chi connectivity index (χ3v) is 0.917. The molecule has 0 bridgehead atoms. The van der Waals surface area contributed by atoms with Crippen molar-refractivity contribution in [1.82, 2.24) is 0 Å². The standard InChI is InChI=1S/C7H13O3/c1-4-9-6(3)7(8)10-5-2/h6H,3-5H2,1-2H3. The maximum Gasteiger partial charge on any atom is 0.335 e. The highest BCUT2D eigenvalue weighted by molar-refractivity contribution is 5.75. The summed E-state index contributed by atoms with van der Waals surface area (Å²) >= 11 is 0. The van der Waals surface area contributed by atoms with Crippen LogP contribution in [0.4, 0.5) is 0 Å². The van der Waals surface area contributed by atoms with Gasteiger partial charge >= 0.3 is 5.97 Å². The molecule has 0 heterocycles. The molecule has 0 aliphatic heterocycles. The largest absolute Gasteiger partial charge is 0.464 e. The SMILES string of the molecule is [CH2]C(OCC)C(=O)OCC. The Kier molecular flexibility index (Phi) is 4.94. The summed E-state index contributed by atoms with van der Waals surface area (Å²) in [6, 6.07) is 0. The first kappa shape index (κ1) is 9.43. The maximum absolute atomic E-state index is 10.7. The Bertz CT molecular complexity index is 101. The zero-order valence-corrected chi connectivity index (χ0v) is 6.42. The minimum atomic E-state index is -0.676. The van der Waals surface area contributed by atoms with Crippen LogP contribution in [0.1, 0.15) is 13.8 Å². The van der Waals surface area contributed by atoms with E-state index in [1.54, 1.807) is 13.8 Å². The van der Waals surface area contributed by atoms with Crippen molar-refractivity contribution < 1.29 is 14.3 Å². The van der Waals surface area contributed by atoms with E-state index in [2.05, 4.69) is 11.7 Å². The van der Waals surface area contributed by atoms with Gasteiger partial charge in [0.1, 0.15) is 0 Å². The van der Waals surface area contributed by atoms with E-state index in [0.29, 0.717) is 13.2 Å². The first-order valence-corrected chi connectivity index (χ1v) is 3.33. The lowest BCUT2D eigenvalue weighted by Gasteiger charge is -2.08. The van der Waals surface area contributed by atoms with Crippen LogP contribution in [0.3, 0.4) is 0 Å². The predicted molar refractivity (Wildman–Crippen MR) is 37.4 cm³/mol. The van der Waals surface area contributed by atoms with E-state index >= 15 is 0 Å². The second kappa shape index (κ2) is 5.23. The van der Waals surface area contributed by atoms with Crippen molar-refractivity contribution in [1.29, 1.82) is 0 Å². The lowest BCUT2D eigenvalue weighted by atomic mass is 10.4. The molecule has 0 N–H and O–H groups in total. The van der Waals surface area contributed by atoms with Gasteiger partial charge in [0.15, 0.2) is 6.10 Å². The fourth-order valence-electron chi connectivity index (χ4n) is 0.504. The van der Waals surface area contributed by atoms with Gasteiger partial charge in [-0.25, -0.2) is 4.79 Å². The molecule has 0 aliphatic rings. The number of esters is 1. The van der Waals surface area contributed by atoms with E-state index in [1.807, 2.05) is 0 Å². The fraction of sp³-hybridized carbons (Fsp3) is 0.714. The van der Waals surface area contributed by atoms with Crippen molar-refractivity contribution in [3.05, 3.63) is 6.92 Å². The highest BCUT2D eigenvalue weighted by atomic mass is 16.6. The molecule has 0 aromatic carbocycles. The van der Waals surface area contributed by atoms with E-state index in [4.69, 9.17) is 4.74 Å². The molecule has 1 radical (unpaired) electrons. The van der Waals surface area contributed by atoms with Crippen LogP contribution < -0.4 is 0 Å². The van der Waals surface area contributed by atoms with E-state index < -0.39 is 12.1 Å². The molecule has 0 aromatic heterocycles. The van der Waals surface area contributed by atoms with Crippen LogP contribution in [-0.2, 0) is 14.3 Å². The fourth-order valence-corrected chi connectivity index (χ4v) is 0.504. The average Bonchev–Trinajstić information content (AvgIpc) is 1.89. The molecular weight excluding hydrogens is 132 g/mol. The monoisotopic (exact) mass is 145 g/mol. The molecule has 0 saturated carbocycles. The lowest BCUT2D eigenvalue weighted by molar-refractivity contribution is -0.153. The molecule has 3 heteroatoms. The van der Waals surface area contributed by atoms with Crippen molar-refractivity contribution >= 4 is 5.97 Å². The molecule has 59 valence electrons. The van der Waals surface area contributed by atoms with Gasteiger partial charge in [-0.15, -0.1) is 0 Å². The smallest absolute Gasteiger partial charge is 0.335 e. The zero-order chi connectivity index (χ0) is 7.98. The van der Waals surface area contributed by atoms with Crippen molar-refractivity contribution in [2.75, 3.05) is 13.2 Å². The van der Waals surface area contributed by atoms with Gasteiger partial charge in [-0.3, -0.25) is 0 Å². The summed E-state index contributed by atoms with van der Waals surface area (Å²) < 4.78 is 9.50. The summed E-state index contributed by atoms with van der Waals surface area (Å²) in [6.07, 6.45) is -0.676. The van der Waals surface area contributed by atoms with Crippen molar-refractivity contribution in [3.63, 3.8) is 0 Å². The van der Waals surface area contributed by atoms with Gasteiger partial charge in [0.05, 0.1) is 6.61 Å². The number of rotatable bonds is 4. The quantitative estimate of drug-likeness (QED) is 0.548. The van der Waals surface area contributed by atoms with Crippen LogP contribution >= 0.6 is 0 Å². The molecule has 0 amide bonds. The van der Waals surface area contributed by atoms with Gasteiger partial charge in [-0.2, -0.15) is 0 Å². The van der Waals surface area contributed by atoms with Crippen LogP contribution in [-0.4, -0.2) is 25.3 Å². The minimum Gasteiger partial charge on any atom is -0.464 e. The Hall–Kier alpha value is -0.570. The molecule has 0 rings (SSSR count). The molecular formula is C7H13O3. The first-order chi connectivity index (χ1) is 4.72. The van der Waals surface area contributed by atoms with Gasteiger partial charge in [-0.05, 0) is 20.8 Å². The molecule has 0 saturated heterocycles. The van der Waals surface area contributed by atoms with Gasteiger partial charge in [0, 0.05) is 6.61 Å². The Morgan fingerprint density at radius 1 is 1.50 bits per heavy atom. The van der Waals surface area contributed by atoms with Crippen molar-refractivity contribution in [2.45, 2.75) is 20.0 Å². The highest BCUT2D eigenvalue weighted by Gasteiger charge is 2.12. The molecule has 0 aromatic rings. The van der Waals surface area contributed by atoms with Crippen LogP contribution in [0.5, 0.6) is 0 Å².